The van der Waals surface area contributed by atoms with Gasteiger partial charge in [-0.25, -0.2) is 0 Å². The summed E-state index contributed by atoms with van der Waals surface area (Å²) in [5, 5.41) is 11.7. The van der Waals surface area contributed by atoms with Crippen LogP contribution >= 0.6 is 0 Å². The van der Waals surface area contributed by atoms with Crippen molar-refractivity contribution in [1.82, 2.24) is 21.3 Å². The Labute approximate surface area is 281 Å². The maximum absolute atomic E-state index is 13.1. The molecule has 4 N–H and O–H groups in total. The molecular weight excluding hydrogens is 620 g/mol. The van der Waals surface area contributed by atoms with Gasteiger partial charge < -0.3 is 35.5 Å². The first-order valence-electron chi connectivity index (χ1n) is 16.0. The number of nitrogens with one attached hydrogen (secondary N) is 4. The minimum Gasteiger partial charge on any atom is -0.461 e. The van der Waals surface area contributed by atoms with Crippen molar-refractivity contribution in [2.45, 2.75) is 65.0 Å². The zero-order valence-electron chi connectivity index (χ0n) is 28.0. The molecule has 0 bridgehead atoms. The van der Waals surface area contributed by atoms with Crippen molar-refractivity contribution in [3.8, 4) is 0 Å². The van der Waals surface area contributed by atoms with Crippen LogP contribution in [0.15, 0.2) is 60.7 Å². The van der Waals surface area contributed by atoms with Crippen LogP contribution in [-0.2, 0) is 56.2 Å². The van der Waals surface area contributed by atoms with E-state index in [1.165, 1.54) is 13.8 Å². The van der Waals surface area contributed by atoms with E-state index in [-0.39, 0.29) is 82.0 Å². The van der Waals surface area contributed by atoms with E-state index in [0.717, 1.165) is 11.1 Å². The number of benzene rings is 2. The summed E-state index contributed by atoms with van der Waals surface area (Å²) in [6.45, 7) is 5.70. The Balaban J connectivity index is 1.68. The van der Waals surface area contributed by atoms with Crippen LogP contribution in [0, 0.1) is 0 Å². The number of ether oxygens (including phenoxy) is 3. The second kappa shape index (κ2) is 23.2. The lowest BCUT2D eigenvalue weighted by atomic mass is 10.0. The van der Waals surface area contributed by atoms with Gasteiger partial charge in [0.15, 0.2) is 11.6 Å². The fraction of sp³-hybridized carbons (Fsp3) is 0.486. The molecule has 0 saturated heterocycles. The molecule has 0 amide bonds. The summed E-state index contributed by atoms with van der Waals surface area (Å²) >= 11 is 0. The number of hydrogen-bond acceptors (Lipinski definition) is 13. The zero-order valence-corrected chi connectivity index (χ0v) is 28.0. The molecule has 3 unspecified atom stereocenters. The molecule has 3 atom stereocenters. The van der Waals surface area contributed by atoms with Gasteiger partial charge in [-0.2, -0.15) is 0 Å². The first-order chi connectivity index (χ1) is 23.0. The Bertz CT molecular complexity index is 1310. The zero-order chi connectivity index (χ0) is 35.1. The summed E-state index contributed by atoms with van der Waals surface area (Å²) in [4.78, 5) is 73.6. The van der Waals surface area contributed by atoms with Gasteiger partial charge in [-0.3, -0.25) is 28.8 Å². The molecule has 0 aliphatic heterocycles. The van der Waals surface area contributed by atoms with Gasteiger partial charge in [-0.1, -0.05) is 60.7 Å². The summed E-state index contributed by atoms with van der Waals surface area (Å²) in [6.07, 6.45) is -0.425. The quantitative estimate of drug-likeness (QED) is 0.0828. The van der Waals surface area contributed by atoms with Gasteiger partial charge in [0.05, 0.1) is 63.8 Å². The van der Waals surface area contributed by atoms with Crippen molar-refractivity contribution >= 4 is 35.1 Å². The topological polar surface area (TPSA) is 178 Å². The third kappa shape index (κ3) is 17.7. The van der Waals surface area contributed by atoms with Crippen LogP contribution < -0.4 is 21.3 Å². The Kier molecular flexibility index (Phi) is 19.4. The Morgan fingerprint density at radius 2 is 1.10 bits per heavy atom. The second-order valence-corrected chi connectivity index (χ2v) is 11.3. The normalized spacial score (nSPS) is 12.8. The molecule has 2 aromatic carbocycles. The van der Waals surface area contributed by atoms with Crippen LogP contribution in [0.5, 0.6) is 0 Å². The predicted molar refractivity (Wildman–Crippen MR) is 178 cm³/mol. The molecule has 0 saturated carbocycles. The lowest BCUT2D eigenvalue weighted by Gasteiger charge is -2.21. The van der Waals surface area contributed by atoms with E-state index in [9.17, 15) is 28.8 Å². The smallest absolute Gasteiger partial charge is 0.308 e. The van der Waals surface area contributed by atoms with Crippen LogP contribution in [0.2, 0.25) is 0 Å². The lowest BCUT2D eigenvalue weighted by Crippen LogP contribution is -2.49. The third-order valence-corrected chi connectivity index (χ3v) is 7.00. The Hall–Kier alpha value is -4.14. The average Bonchev–Trinajstić information content (AvgIpc) is 3.07. The SMILES string of the molecule is CC(=O)CNC(CC(=O)OCc1ccccc1)C(=O)CNCCOCCNC(C)C(=O)C(CC(=O)OCc1ccccc1)NCC(C)=O. The molecule has 2 aromatic rings. The molecule has 0 heterocycles. The molecule has 13 heteroatoms. The van der Waals surface area contributed by atoms with Crippen molar-refractivity contribution in [3.05, 3.63) is 71.8 Å². The van der Waals surface area contributed by atoms with Gasteiger partial charge in [0.25, 0.3) is 0 Å². The predicted octanol–water partition coefficient (Wildman–Crippen LogP) is 1.07. The number of hydrogen-bond donors (Lipinski definition) is 4. The van der Waals surface area contributed by atoms with E-state index < -0.39 is 30.1 Å². The fourth-order valence-electron chi connectivity index (χ4n) is 4.37. The molecule has 48 heavy (non-hydrogen) atoms. The van der Waals surface area contributed by atoms with Crippen molar-refractivity contribution in [3.63, 3.8) is 0 Å². The Morgan fingerprint density at radius 1 is 0.625 bits per heavy atom. The van der Waals surface area contributed by atoms with Crippen LogP contribution in [0.4, 0.5) is 0 Å². The maximum Gasteiger partial charge on any atom is 0.308 e. The van der Waals surface area contributed by atoms with Gasteiger partial charge >= 0.3 is 11.9 Å². The summed E-state index contributed by atoms with van der Waals surface area (Å²) in [5.74, 6) is -2.03. The summed E-state index contributed by atoms with van der Waals surface area (Å²) in [6, 6.07) is 15.9. The molecular formula is C35H48N4O9. The van der Waals surface area contributed by atoms with Gasteiger partial charge in [0.2, 0.25) is 0 Å². The summed E-state index contributed by atoms with van der Waals surface area (Å²) in [7, 11) is 0. The number of rotatable bonds is 26. The van der Waals surface area contributed by atoms with Crippen LogP contribution in [0.1, 0.15) is 44.7 Å². The highest BCUT2D eigenvalue weighted by Crippen LogP contribution is 2.06. The molecule has 0 aromatic heterocycles. The fourth-order valence-corrected chi connectivity index (χ4v) is 4.37. The Morgan fingerprint density at radius 3 is 1.62 bits per heavy atom. The molecule has 0 aliphatic rings. The van der Waals surface area contributed by atoms with Crippen molar-refractivity contribution < 1.29 is 43.0 Å². The number of Topliss-reactive ketones (excluding diaryl/α,β-unsaturated/α-hetero) is 4. The number of carbonyl (C=O) groups excluding carboxylic acids is 6. The summed E-state index contributed by atoms with van der Waals surface area (Å²) in [5.41, 5.74) is 1.65. The van der Waals surface area contributed by atoms with Gasteiger partial charge in [-0.05, 0) is 31.9 Å². The van der Waals surface area contributed by atoms with Crippen LogP contribution in [0.3, 0.4) is 0 Å². The highest BCUT2D eigenvalue weighted by molar-refractivity contribution is 5.92. The molecule has 13 nitrogen and oxygen atoms in total. The molecule has 0 aliphatic carbocycles. The number of carbonyl (C=O) groups is 6. The molecule has 0 fully saturated rings. The van der Waals surface area contributed by atoms with E-state index >= 15 is 0 Å². The van der Waals surface area contributed by atoms with Crippen molar-refractivity contribution in [2.24, 2.45) is 0 Å². The first kappa shape index (κ1) is 40.0. The second-order valence-electron chi connectivity index (χ2n) is 11.3. The van der Waals surface area contributed by atoms with E-state index in [2.05, 4.69) is 21.3 Å². The largest absolute Gasteiger partial charge is 0.461 e. The average molecular weight is 669 g/mol. The van der Waals surface area contributed by atoms with Crippen LogP contribution in [-0.4, -0.2) is 99.1 Å². The molecule has 262 valence electrons. The number of ketones is 4. The minimum absolute atomic E-state index is 0.0445. The maximum atomic E-state index is 13.1. The highest BCUT2D eigenvalue weighted by Gasteiger charge is 2.27. The third-order valence-electron chi connectivity index (χ3n) is 7.00. The van der Waals surface area contributed by atoms with Gasteiger partial charge in [-0.15, -0.1) is 0 Å². The van der Waals surface area contributed by atoms with E-state index in [1.807, 2.05) is 60.7 Å². The minimum atomic E-state index is -0.901. The van der Waals surface area contributed by atoms with E-state index in [4.69, 9.17) is 14.2 Å². The van der Waals surface area contributed by atoms with Crippen molar-refractivity contribution in [2.75, 3.05) is 45.9 Å². The first-order valence-corrected chi connectivity index (χ1v) is 16.0. The molecule has 0 radical (unpaired) electrons. The standard InChI is InChI=1S/C35H48N4O9/c1-25(40)20-38-30(18-33(43)47-23-28-10-6-4-7-11-28)32(42)22-36-14-16-46-17-15-37-27(3)35(45)31(39-21-26(2)41)19-34(44)48-24-29-12-8-5-9-13-29/h4-13,27,30-31,36-39H,14-24H2,1-3H3. The van der Waals surface area contributed by atoms with Gasteiger partial charge in [0, 0.05) is 13.1 Å². The number of esters is 2. The monoisotopic (exact) mass is 668 g/mol. The van der Waals surface area contributed by atoms with Crippen LogP contribution in [0.25, 0.3) is 0 Å². The highest BCUT2D eigenvalue weighted by atomic mass is 16.5. The van der Waals surface area contributed by atoms with E-state index in [1.54, 1.807) is 6.92 Å². The molecule has 2 rings (SSSR count). The van der Waals surface area contributed by atoms with Crippen molar-refractivity contribution in [1.29, 1.82) is 0 Å². The molecule has 0 spiro atoms. The van der Waals surface area contributed by atoms with Gasteiger partial charge in [0.1, 0.15) is 24.8 Å². The van der Waals surface area contributed by atoms with E-state index in [0.29, 0.717) is 13.1 Å². The lowest BCUT2D eigenvalue weighted by molar-refractivity contribution is -0.147. The summed E-state index contributed by atoms with van der Waals surface area (Å²) < 4.78 is 16.2.